The van der Waals surface area contributed by atoms with Gasteiger partial charge in [0.2, 0.25) is 0 Å². The largest absolute Gasteiger partial charge is 0.397 e. The first kappa shape index (κ1) is 26.1. The molecule has 3 aromatic rings. The first-order valence-electron chi connectivity index (χ1n) is 11.5. The number of carbonyl (C=O) groups is 1. The van der Waals surface area contributed by atoms with E-state index in [0.717, 1.165) is 36.6 Å². The van der Waals surface area contributed by atoms with Gasteiger partial charge in [-0.05, 0) is 75.3 Å². The van der Waals surface area contributed by atoms with Gasteiger partial charge in [-0.2, -0.15) is 0 Å². The normalized spacial score (nSPS) is 10.7. The van der Waals surface area contributed by atoms with E-state index in [1.807, 2.05) is 30.3 Å². The van der Waals surface area contributed by atoms with Gasteiger partial charge in [0.15, 0.2) is 0 Å². The van der Waals surface area contributed by atoms with Crippen LogP contribution < -0.4 is 16.4 Å². The van der Waals surface area contributed by atoms with E-state index in [-0.39, 0.29) is 5.91 Å². The SMILES string of the molecule is C=C(Nc1cccc(SC)c1)N(CCCN(C)C)Cc1ccc(C(=O)Nc2ccccc2N)nc1. The van der Waals surface area contributed by atoms with Gasteiger partial charge in [-0.1, -0.05) is 30.8 Å². The van der Waals surface area contributed by atoms with E-state index in [0.29, 0.717) is 23.6 Å². The fourth-order valence-corrected chi connectivity index (χ4v) is 3.96. The molecule has 1 heterocycles. The number of anilines is 3. The smallest absolute Gasteiger partial charge is 0.274 e. The summed E-state index contributed by atoms with van der Waals surface area (Å²) >= 11 is 1.71. The first-order valence-corrected chi connectivity index (χ1v) is 12.7. The number of benzene rings is 2. The number of aromatic nitrogens is 1. The number of nitrogens with one attached hydrogen (secondary N) is 2. The minimum absolute atomic E-state index is 0.294. The Balaban J connectivity index is 1.68. The lowest BCUT2D eigenvalue weighted by molar-refractivity contribution is 0.102. The van der Waals surface area contributed by atoms with Crippen molar-refractivity contribution in [3.05, 3.63) is 90.5 Å². The Morgan fingerprint density at radius 3 is 2.54 bits per heavy atom. The molecule has 0 aliphatic rings. The zero-order valence-corrected chi connectivity index (χ0v) is 21.4. The molecule has 184 valence electrons. The third-order valence-corrected chi connectivity index (χ3v) is 6.14. The summed E-state index contributed by atoms with van der Waals surface area (Å²) in [6.07, 6.45) is 4.79. The summed E-state index contributed by atoms with van der Waals surface area (Å²) in [4.78, 5) is 22.6. The predicted octanol–water partition coefficient (Wildman–Crippen LogP) is 4.98. The molecule has 4 N–H and O–H groups in total. The summed E-state index contributed by atoms with van der Waals surface area (Å²) in [5.74, 6) is 0.528. The Morgan fingerprint density at radius 2 is 1.86 bits per heavy atom. The molecule has 0 unspecified atom stereocenters. The third-order valence-electron chi connectivity index (χ3n) is 5.41. The Kier molecular flexibility index (Phi) is 9.57. The zero-order valence-electron chi connectivity index (χ0n) is 20.6. The molecule has 3 rings (SSSR count). The second-order valence-corrected chi connectivity index (χ2v) is 9.35. The number of nitrogens with zero attached hydrogens (tertiary/aromatic N) is 3. The minimum Gasteiger partial charge on any atom is -0.397 e. The number of hydrogen-bond acceptors (Lipinski definition) is 7. The van der Waals surface area contributed by atoms with Gasteiger partial charge >= 0.3 is 0 Å². The highest BCUT2D eigenvalue weighted by atomic mass is 32.2. The number of thioether (sulfide) groups is 1. The highest BCUT2D eigenvalue weighted by molar-refractivity contribution is 7.98. The van der Waals surface area contributed by atoms with Crippen LogP contribution in [0.2, 0.25) is 0 Å². The molecule has 0 spiro atoms. The van der Waals surface area contributed by atoms with Crippen LogP contribution in [0.1, 0.15) is 22.5 Å². The minimum atomic E-state index is -0.294. The molecule has 0 aliphatic heterocycles. The molecule has 0 fully saturated rings. The molecule has 1 amide bonds. The van der Waals surface area contributed by atoms with E-state index in [9.17, 15) is 4.79 Å². The Morgan fingerprint density at radius 1 is 1.06 bits per heavy atom. The molecule has 0 atom stereocenters. The van der Waals surface area contributed by atoms with Crippen molar-refractivity contribution < 1.29 is 4.79 Å². The number of amides is 1. The molecular weight excluding hydrogens is 456 g/mol. The number of nitrogens with two attached hydrogens (primary N) is 1. The van der Waals surface area contributed by atoms with Gasteiger partial charge in [-0.25, -0.2) is 0 Å². The van der Waals surface area contributed by atoms with Gasteiger partial charge in [0.05, 0.1) is 17.2 Å². The molecule has 2 aromatic carbocycles. The Bertz CT molecular complexity index is 1130. The van der Waals surface area contributed by atoms with Crippen molar-refractivity contribution in [3.63, 3.8) is 0 Å². The van der Waals surface area contributed by atoms with E-state index >= 15 is 0 Å². The fourth-order valence-electron chi connectivity index (χ4n) is 3.50. The number of hydrogen-bond donors (Lipinski definition) is 3. The van der Waals surface area contributed by atoms with Crippen LogP contribution in [-0.4, -0.2) is 54.1 Å². The van der Waals surface area contributed by atoms with Gasteiger partial charge in [-0.3, -0.25) is 9.78 Å². The van der Waals surface area contributed by atoms with Gasteiger partial charge in [0, 0.05) is 29.9 Å². The van der Waals surface area contributed by atoms with Crippen LogP contribution in [0.4, 0.5) is 17.1 Å². The summed E-state index contributed by atoms with van der Waals surface area (Å²) in [5, 5.41) is 6.26. The van der Waals surface area contributed by atoms with Gasteiger partial charge < -0.3 is 26.2 Å². The van der Waals surface area contributed by atoms with Gasteiger partial charge in [-0.15, -0.1) is 11.8 Å². The predicted molar refractivity (Wildman–Crippen MR) is 148 cm³/mol. The van der Waals surface area contributed by atoms with Crippen molar-refractivity contribution in [2.45, 2.75) is 17.9 Å². The third kappa shape index (κ3) is 8.05. The van der Waals surface area contributed by atoms with Crippen LogP contribution in [0.3, 0.4) is 0 Å². The van der Waals surface area contributed by atoms with E-state index in [2.05, 4.69) is 64.5 Å². The lowest BCUT2D eigenvalue weighted by atomic mass is 10.2. The van der Waals surface area contributed by atoms with E-state index in [4.69, 9.17) is 5.73 Å². The standard InChI is InChI=1S/C27H34N6OS/c1-20(30-22-9-7-10-23(17-22)35-4)33(16-8-15-32(2)3)19-21-13-14-26(29-18-21)27(34)31-25-12-6-5-11-24(25)28/h5-7,9-14,17-18,30H,1,8,15-16,19,28H2,2-4H3,(H,31,34). The maximum Gasteiger partial charge on any atom is 0.274 e. The lowest BCUT2D eigenvalue weighted by Gasteiger charge is -2.28. The summed E-state index contributed by atoms with van der Waals surface area (Å²) in [6, 6.07) is 19.1. The molecule has 1 aromatic heterocycles. The number of nitrogen functional groups attached to an aromatic ring is 1. The number of para-hydroxylation sites is 2. The number of rotatable bonds is 12. The highest BCUT2D eigenvalue weighted by Gasteiger charge is 2.13. The molecular formula is C27H34N6OS. The van der Waals surface area contributed by atoms with Crippen LogP contribution in [0, 0.1) is 0 Å². The van der Waals surface area contributed by atoms with Crippen LogP contribution >= 0.6 is 11.8 Å². The van der Waals surface area contributed by atoms with Crippen LogP contribution in [-0.2, 0) is 6.54 Å². The quantitative estimate of drug-likeness (QED) is 0.244. The number of pyridine rings is 1. The van der Waals surface area contributed by atoms with E-state index in [1.54, 1.807) is 36.2 Å². The average molecular weight is 491 g/mol. The van der Waals surface area contributed by atoms with Crippen LogP contribution in [0.25, 0.3) is 0 Å². The molecule has 0 saturated carbocycles. The molecule has 0 radical (unpaired) electrons. The van der Waals surface area contributed by atoms with Crippen molar-refractivity contribution >= 4 is 34.7 Å². The van der Waals surface area contributed by atoms with Crippen LogP contribution in [0.5, 0.6) is 0 Å². The highest BCUT2D eigenvalue weighted by Crippen LogP contribution is 2.22. The molecule has 0 aliphatic carbocycles. The molecule has 7 nitrogen and oxygen atoms in total. The second kappa shape index (κ2) is 12.8. The monoisotopic (exact) mass is 490 g/mol. The maximum atomic E-state index is 12.6. The molecule has 0 saturated heterocycles. The van der Waals surface area contributed by atoms with E-state index in [1.165, 1.54) is 4.90 Å². The molecule has 35 heavy (non-hydrogen) atoms. The average Bonchev–Trinajstić information content (AvgIpc) is 2.85. The van der Waals surface area contributed by atoms with Crippen LogP contribution in [0.15, 0.2) is 84.2 Å². The second-order valence-electron chi connectivity index (χ2n) is 8.48. The summed E-state index contributed by atoms with van der Waals surface area (Å²) in [5.41, 5.74) is 9.34. The first-order chi connectivity index (χ1) is 16.9. The Hall–Kier alpha value is -3.49. The van der Waals surface area contributed by atoms with Gasteiger partial charge in [0.1, 0.15) is 5.69 Å². The van der Waals surface area contributed by atoms with E-state index < -0.39 is 0 Å². The zero-order chi connectivity index (χ0) is 25.2. The van der Waals surface area contributed by atoms with Gasteiger partial charge in [0.25, 0.3) is 5.91 Å². The number of carbonyl (C=O) groups excluding carboxylic acids is 1. The van der Waals surface area contributed by atoms with Crippen molar-refractivity contribution in [3.8, 4) is 0 Å². The molecule has 0 bridgehead atoms. The summed E-state index contributed by atoms with van der Waals surface area (Å²) < 4.78 is 0. The maximum absolute atomic E-state index is 12.6. The topological polar surface area (TPSA) is 86.5 Å². The van der Waals surface area contributed by atoms with Crippen molar-refractivity contribution in [2.75, 3.05) is 49.8 Å². The summed E-state index contributed by atoms with van der Waals surface area (Å²) in [7, 11) is 4.14. The Labute approximate surface area is 212 Å². The summed E-state index contributed by atoms with van der Waals surface area (Å²) in [6.45, 7) is 6.74. The van der Waals surface area contributed by atoms with Crippen molar-refractivity contribution in [1.82, 2.24) is 14.8 Å². The lowest BCUT2D eigenvalue weighted by Crippen LogP contribution is -2.29. The van der Waals surface area contributed by atoms with Crippen molar-refractivity contribution in [1.29, 1.82) is 0 Å². The van der Waals surface area contributed by atoms with Crippen molar-refractivity contribution in [2.24, 2.45) is 0 Å². The molecule has 8 heteroatoms. The fraction of sp³-hybridized carbons (Fsp3) is 0.259.